The van der Waals surface area contributed by atoms with Crippen LogP contribution in [0.4, 0.5) is 0 Å². The quantitative estimate of drug-likeness (QED) is 0.0360. The van der Waals surface area contributed by atoms with Crippen LogP contribution in [0.25, 0.3) is 31.3 Å². The van der Waals surface area contributed by atoms with Crippen molar-refractivity contribution >= 4 is 5.91 Å². The Labute approximate surface area is 226 Å². The molecule has 0 saturated heterocycles. The molecule has 1 heterocycles. The second kappa shape index (κ2) is 16.3. The van der Waals surface area contributed by atoms with Gasteiger partial charge in [-0.25, -0.2) is 0 Å². The van der Waals surface area contributed by atoms with Crippen LogP contribution in [0.3, 0.4) is 0 Å². The van der Waals surface area contributed by atoms with Gasteiger partial charge in [0.1, 0.15) is 17.0 Å². The molecular weight excluding hydrogens is 526 g/mol. The van der Waals surface area contributed by atoms with Crippen molar-refractivity contribution in [1.29, 1.82) is 0 Å². The molecule has 210 valence electrons. The minimum absolute atomic E-state index is 0.0346. The molecule has 1 aliphatic heterocycles. The number of rotatable bonds is 16. The van der Waals surface area contributed by atoms with Gasteiger partial charge >= 0.3 is 0 Å². The zero-order chi connectivity index (χ0) is 29.2. The van der Waals surface area contributed by atoms with Crippen molar-refractivity contribution in [2.75, 3.05) is 32.8 Å². The molecule has 0 fully saturated rings. The lowest BCUT2D eigenvalue weighted by molar-refractivity contribution is -0.117. The summed E-state index contributed by atoms with van der Waals surface area (Å²) >= 11 is 0. The lowest BCUT2D eigenvalue weighted by Gasteiger charge is -2.24. The molecule has 0 aromatic heterocycles. The standard InChI is InChI=1S/C20H27N17O3/c21-14-9-17(40-7-6-27-34-22)16(31-19(38)15-2-1-3-18(30-15)32-37-25)8-13(14)10-26-5-4-20(33-39,11-28-35-23)12-29-36-24/h1-3,8-10,14,18,26,30H,4-7,11-12,21H2,(H2,25,32)(H,31,38)/b13-10-. The molecule has 0 spiro atoms. The third-order valence-corrected chi connectivity index (χ3v) is 5.40. The zero-order valence-electron chi connectivity index (χ0n) is 21.1. The Hall–Kier alpha value is -5.54. The van der Waals surface area contributed by atoms with Gasteiger partial charge in [0.25, 0.3) is 5.91 Å². The average Bonchev–Trinajstić information content (AvgIpc) is 2.96. The highest BCUT2D eigenvalue weighted by Crippen LogP contribution is 2.22. The van der Waals surface area contributed by atoms with E-state index in [-0.39, 0.29) is 56.4 Å². The fourth-order valence-corrected chi connectivity index (χ4v) is 3.40. The van der Waals surface area contributed by atoms with E-state index in [9.17, 15) is 9.70 Å². The van der Waals surface area contributed by atoms with Crippen molar-refractivity contribution in [1.82, 2.24) is 16.0 Å². The van der Waals surface area contributed by atoms with Crippen molar-refractivity contribution < 1.29 is 9.53 Å². The first-order chi connectivity index (χ1) is 19.4. The van der Waals surface area contributed by atoms with Gasteiger partial charge in [-0.05, 0) is 52.9 Å². The van der Waals surface area contributed by atoms with Gasteiger partial charge in [0.2, 0.25) is 0 Å². The van der Waals surface area contributed by atoms with E-state index in [1.54, 1.807) is 30.5 Å². The number of hydrogen-bond donors (Lipinski definition) is 5. The molecule has 0 saturated carbocycles. The Balaban J connectivity index is 2.20. The molecule has 7 N–H and O–H groups in total. The summed E-state index contributed by atoms with van der Waals surface area (Å²) in [5.41, 5.74) is 31.5. The molecule has 2 atom stereocenters. The summed E-state index contributed by atoms with van der Waals surface area (Å²) in [6.45, 7) is -0.306. The Morgan fingerprint density at radius 1 is 1.20 bits per heavy atom. The first-order valence-electron chi connectivity index (χ1n) is 11.6. The Morgan fingerprint density at radius 2 is 1.93 bits per heavy atom. The fraction of sp³-hybridized carbons (Fsp3) is 0.450. The van der Waals surface area contributed by atoms with E-state index in [4.69, 9.17) is 32.9 Å². The molecule has 0 radical (unpaired) electrons. The smallest absolute Gasteiger partial charge is 0.271 e. The van der Waals surface area contributed by atoms with Gasteiger partial charge in [-0.15, -0.1) is 5.11 Å². The highest BCUT2D eigenvalue weighted by atomic mass is 16.5. The average molecular weight is 554 g/mol. The van der Waals surface area contributed by atoms with Gasteiger partial charge < -0.3 is 32.3 Å². The molecule has 0 bridgehead atoms. The van der Waals surface area contributed by atoms with E-state index in [2.05, 4.69) is 61.5 Å². The SMILES string of the molecule is [N-]=[N+]=NCCOC1=CC(N)/C(=C\NCCC(CN=[N+]=[N-])(CN=[N+]=[N-])N=O)C=C1NC(=O)C1=CC=CC(N=NN)N1. The summed E-state index contributed by atoms with van der Waals surface area (Å²) in [7, 11) is 0. The predicted octanol–water partition coefficient (Wildman–Crippen LogP) is 2.22. The normalized spacial score (nSPS) is 20.2. The van der Waals surface area contributed by atoms with Crippen molar-refractivity contribution in [3.05, 3.63) is 95.5 Å². The first-order valence-corrected chi connectivity index (χ1v) is 11.6. The molecule has 1 aliphatic carbocycles. The van der Waals surface area contributed by atoms with E-state index >= 15 is 0 Å². The maximum atomic E-state index is 13.0. The van der Waals surface area contributed by atoms with Crippen LogP contribution >= 0.6 is 0 Å². The maximum absolute atomic E-state index is 13.0. The van der Waals surface area contributed by atoms with Crippen molar-refractivity contribution in [2.24, 2.45) is 42.4 Å². The van der Waals surface area contributed by atoms with Crippen molar-refractivity contribution in [3.8, 4) is 0 Å². The summed E-state index contributed by atoms with van der Waals surface area (Å²) in [6.07, 6.45) is 8.99. The minimum atomic E-state index is -1.42. The Kier molecular flexibility index (Phi) is 12.5. The topological polar surface area (TPSA) is 315 Å². The van der Waals surface area contributed by atoms with Gasteiger partial charge in [-0.1, -0.05) is 31.8 Å². The number of carbonyl (C=O) groups excluding carboxylic acids is 1. The molecule has 2 aliphatic rings. The molecule has 20 heteroatoms. The highest BCUT2D eigenvalue weighted by molar-refractivity contribution is 5.95. The first kappa shape index (κ1) is 30.7. The summed E-state index contributed by atoms with van der Waals surface area (Å²) in [6, 6.07) is -0.660. The summed E-state index contributed by atoms with van der Waals surface area (Å²) < 4.78 is 5.68. The van der Waals surface area contributed by atoms with Crippen LogP contribution in [0.5, 0.6) is 0 Å². The summed E-state index contributed by atoms with van der Waals surface area (Å²) in [5.74, 6) is 4.83. The van der Waals surface area contributed by atoms with Crippen molar-refractivity contribution in [2.45, 2.75) is 24.2 Å². The highest BCUT2D eigenvalue weighted by Gasteiger charge is 2.30. The maximum Gasteiger partial charge on any atom is 0.271 e. The number of nitroso groups, excluding NO2 is 1. The molecule has 0 aromatic rings. The number of azide groups is 3. The number of nitrogens with zero attached hydrogens (tertiary/aromatic N) is 12. The molecule has 2 unspecified atom stereocenters. The Bertz CT molecular complexity index is 1240. The van der Waals surface area contributed by atoms with Crippen LogP contribution < -0.4 is 27.5 Å². The van der Waals surface area contributed by atoms with Crippen LogP contribution in [0.2, 0.25) is 0 Å². The number of dihydropyridines is 1. The molecule has 20 nitrogen and oxygen atoms in total. The van der Waals surface area contributed by atoms with E-state index in [1.807, 2.05) is 0 Å². The summed E-state index contributed by atoms with van der Waals surface area (Å²) in [4.78, 5) is 32.4. The molecular formula is C20H27N17O3. The lowest BCUT2D eigenvalue weighted by Crippen LogP contribution is -2.38. The lowest BCUT2D eigenvalue weighted by atomic mass is 9.96. The van der Waals surface area contributed by atoms with Gasteiger partial charge in [-0.2, -0.15) is 4.91 Å². The minimum Gasteiger partial charge on any atom is -0.492 e. The number of nitrogens with one attached hydrogen (secondary N) is 3. The Morgan fingerprint density at radius 3 is 2.58 bits per heavy atom. The molecule has 40 heavy (non-hydrogen) atoms. The predicted molar refractivity (Wildman–Crippen MR) is 143 cm³/mol. The number of nitrogens with two attached hydrogens (primary N) is 2. The van der Waals surface area contributed by atoms with Crippen LogP contribution in [-0.2, 0) is 9.53 Å². The number of hydrogen-bond acceptors (Lipinski definition) is 12. The largest absolute Gasteiger partial charge is 0.492 e. The third-order valence-electron chi connectivity index (χ3n) is 5.40. The number of allylic oxidation sites excluding steroid dienone is 2. The fourth-order valence-electron chi connectivity index (χ4n) is 3.40. The van der Waals surface area contributed by atoms with Crippen LogP contribution in [-0.4, -0.2) is 56.4 Å². The second-order valence-electron chi connectivity index (χ2n) is 8.10. The number of amides is 1. The van der Waals surface area contributed by atoms with Gasteiger partial charge in [-0.3, -0.25) is 4.79 Å². The molecule has 1 amide bonds. The number of ether oxygens (including phenoxy) is 1. The molecule has 0 aromatic carbocycles. The van der Waals surface area contributed by atoms with E-state index in [0.717, 1.165) is 0 Å². The summed E-state index contributed by atoms with van der Waals surface area (Å²) in [5, 5.41) is 28.8. The van der Waals surface area contributed by atoms with Gasteiger partial charge in [0, 0.05) is 27.5 Å². The van der Waals surface area contributed by atoms with E-state index in [0.29, 0.717) is 5.57 Å². The van der Waals surface area contributed by atoms with Crippen LogP contribution in [0, 0.1) is 4.91 Å². The van der Waals surface area contributed by atoms with E-state index < -0.39 is 23.7 Å². The molecule has 2 rings (SSSR count). The van der Waals surface area contributed by atoms with Crippen LogP contribution in [0.15, 0.2) is 90.2 Å². The van der Waals surface area contributed by atoms with Gasteiger partial charge in [0.15, 0.2) is 6.17 Å². The monoisotopic (exact) mass is 553 g/mol. The van der Waals surface area contributed by atoms with Crippen molar-refractivity contribution in [3.63, 3.8) is 0 Å². The number of carbonyl (C=O) groups is 1. The van der Waals surface area contributed by atoms with Crippen LogP contribution in [0.1, 0.15) is 6.42 Å². The zero-order valence-corrected chi connectivity index (χ0v) is 21.1. The van der Waals surface area contributed by atoms with E-state index in [1.165, 1.54) is 6.08 Å². The second-order valence-corrected chi connectivity index (χ2v) is 8.10. The van der Waals surface area contributed by atoms with Gasteiger partial charge in [0.05, 0.1) is 38.0 Å². The third kappa shape index (κ3) is 9.40.